The summed E-state index contributed by atoms with van der Waals surface area (Å²) in [4.78, 5) is 4.34. The molecule has 0 radical (unpaired) electrons. The monoisotopic (exact) mass is 287 g/mol. The van der Waals surface area contributed by atoms with Crippen LogP contribution in [-0.4, -0.2) is 16.1 Å². The lowest BCUT2D eigenvalue weighted by Crippen LogP contribution is -2.48. The normalized spacial score (nSPS) is 26.0. The Morgan fingerprint density at radius 3 is 2.76 bits per heavy atom. The number of hydrogen-bond donors (Lipinski definition) is 1. The second-order valence-corrected chi connectivity index (χ2v) is 6.11. The third-order valence-electron chi connectivity index (χ3n) is 5.03. The van der Waals surface area contributed by atoms with E-state index >= 15 is 0 Å². The third kappa shape index (κ3) is 2.38. The molecule has 112 valence electrons. The molecule has 3 rings (SSSR count). The molecule has 1 aromatic heterocycles. The van der Waals surface area contributed by atoms with Gasteiger partial charge in [-0.05, 0) is 48.6 Å². The molecule has 1 aliphatic carbocycles. The molecule has 0 amide bonds. The number of rotatable bonds is 3. The molecule has 0 bridgehead atoms. The molecule has 1 aliphatic rings. The van der Waals surface area contributed by atoms with Gasteiger partial charge in [0.15, 0.2) is 0 Å². The van der Waals surface area contributed by atoms with Crippen molar-refractivity contribution in [3.8, 4) is 11.3 Å². The summed E-state index contributed by atoms with van der Waals surface area (Å²) in [5.41, 5.74) is 8.12. The first-order valence-electron chi connectivity index (χ1n) is 7.66. The summed E-state index contributed by atoms with van der Waals surface area (Å²) in [5.74, 6) is 0.300. The largest absolute Gasteiger partial charge is 0.328 e. The molecular weight excluding hydrogens is 265 g/mol. The predicted octanol–water partition coefficient (Wildman–Crippen LogP) is 3.55. The van der Waals surface area contributed by atoms with Crippen molar-refractivity contribution in [2.75, 3.05) is 6.54 Å². The fourth-order valence-electron chi connectivity index (χ4n) is 3.64. The van der Waals surface area contributed by atoms with Gasteiger partial charge in [0.1, 0.15) is 5.82 Å². The van der Waals surface area contributed by atoms with E-state index in [2.05, 4.69) is 16.5 Å². The van der Waals surface area contributed by atoms with Crippen molar-refractivity contribution in [3.63, 3.8) is 0 Å². The van der Waals surface area contributed by atoms with E-state index < -0.39 is 0 Å². The number of nitrogens with zero attached hydrogens (tertiary/aromatic N) is 2. The van der Waals surface area contributed by atoms with E-state index in [-0.39, 0.29) is 11.4 Å². The molecule has 1 aromatic carbocycles. The average molecular weight is 287 g/mol. The Balaban J connectivity index is 2.06. The molecule has 1 fully saturated rings. The van der Waals surface area contributed by atoms with Gasteiger partial charge in [-0.2, -0.15) is 0 Å². The molecule has 0 saturated heterocycles. The molecule has 3 nitrogen and oxygen atoms in total. The second-order valence-electron chi connectivity index (χ2n) is 6.11. The Bertz CT molecular complexity index is 605. The number of benzene rings is 1. The minimum Gasteiger partial charge on any atom is -0.328 e. The lowest BCUT2D eigenvalue weighted by molar-refractivity contribution is 0.127. The highest BCUT2D eigenvalue weighted by molar-refractivity contribution is 5.59. The second kappa shape index (κ2) is 5.60. The summed E-state index contributed by atoms with van der Waals surface area (Å²) < 4.78 is 15.4. The smallest absolute Gasteiger partial charge is 0.123 e. The van der Waals surface area contributed by atoms with Crippen LogP contribution in [0.25, 0.3) is 11.3 Å². The predicted molar refractivity (Wildman–Crippen MR) is 82.3 cm³/mol. The van der Waals surface area contributed by atoms with E-state index in [4.69, 9.17) is 5.73 Å². The van der Waals surface area contributed by atoms with Crippen molar-refractivity contribution in [1.29, 1.82) is 0 Å². The first-order chi connectivity index (χ1) is 10.2. The van der Waals surface area contributed by atoms with Gasteiger partial charge < -0.3 is 10.3 Å². The average Bonchev–Trinajstić information content (AvgIpc) is 2.99. The van der Waals surface area contributed by atoms with Crippen LogP contribution in [0.5, 0.6) is 0 Å². The minimum atomic E-state index is -0.218. The zero-order chi connectivity index (χ0) is 14.9. The fraction of sp³-hybridized carbons (Fsp3) is 0.471. The summed E-state index contributed by atoms with van der Waals surface area (Å²) in [6, 6.07) is 6.60. The van der Waals surface area contributed by atoms with E-state index in [1.165, 1.54) is 31.4 Å². The van der Waals surface area contributed by atoms with Crippen LogP contribution in [-0.2, 0) is 5.54 Å². The molecule has 1 heterocycles. The van der Waals surface area contributed by atoms with Crippen LogP contribution in [0, 0.1) is 11.7 Å². The molecule has 2 unspecified atom stereocenters. The van der Waals surface area contributed by atoms with Gasteiger partial charge >= 0.3 is 0 Å². The van der Waals surface area contributed by atoms with Gasteiger partial charge in [-0.1, -0.05) is 19.8 Å². The number of hydrogen-bond acceptors (Lipinski definition) is 2. The Morgan fingerprint density at radius 2 is 2.10 bits per heavy atom. The highest BCUT2D eigenvalue weighted by Crippen LogP contribution is 2.41. The van der Waals surface area contributed by atoms with E-state index in [1.54, 1.807) is 12.1 Å². The van der Waals surface area contributed by atoms with Crippen molar-refractivity contribution in [1.82, 2.24) is 9.55 Å². The fourth-order valence-corrected chi connectivity index (χ4v) is 3.64. The molecule has 1 saturated carbocycles. The van der Waals surface area contributed by atoms with Gasteiger partial charge in [0.2, 0.25) is 0 Å². The van der Waals surface area contributed by atoms with Crippen LogP contribution in [0.15, 0.2) is 36.8 Å². The lowest BCUT2D eigenvalue weighted by atomic mass is 9.73. The molecule has 0 spiro atoms. The Labute approximate surface area is 125 Å². The molecular formula is C17H22FN3. The Morgan fingerprint density at radius 1 is 1.33 bits per heavy atom. The van der Waals surface area contributed by atoms with Gasteiger partial charge in [0.25, 0.3) is 0 Å². The van der Waals surface area contributed by atoms with E-state index in [0.717, 1.165) is 17.7 Å². The van der Waals surface area contributed by atoms with Gasteiger partial charge in [-0.15, -0.1) is 0 Å². The van der Waals surface area contributed by atoms with E-state index in [1.807, 2.05) is 12.5 Å². The summed E-state index contributed by atoms with van der Waals surface area (Å²) >= 11 is 0. The maximum Gasteiger partial charge on any atom is 0.123 e. The van der Waals surface area contributed by atoms with Crippen LogP contribution in [0.4, 0.5) is 4.39 Å². The minimum absolute atomic E-state index is 0.0710. The van der Waals surface area contributed by atoms with Crippen molar-refractivity contribution >= 4 is 0 Å². The summed E-state index contributed by atoms with van der Waals surface area (Å²) in [6.45, 7) is 2.89. The number of aromatic nitrogens is 2. The molecule has 2 aromatic rings. The van der Waals surface area contributed by atoms with Gasteiger partial charge in [-0.3, -0.25) is 0 Å². The molecule has 0 aliphatic heterocycles. The molecule has 4 heteroatoms. The van der Waals surface area contributed by atoms with Crippen molar-refractivity contribution in [2.24, 2.45) is 11.7 Å². The van der Waals surface area contributed by atoms with Gasteiger partial charge in [-0.25, -0.2) is 9.37 Å². The quantitative estimate of drug-likeness (QED) is 0.938. The van der Waals surface area contributed by atoms with Gasteiger partial charge in [0.05, 0.1) is 23.8 Å². The first-order valence-corrected chi connectivity index (χ1v) is 7.66. The lowest BCUT2D eigenvalue weighted by Gasteiger charge is -2.44. The zero-order valence-corrected chi connectivity index (χ0v) is 12.4. The van der Waals surface area contributed by atoms with Gasteiger partial charge in [0, 0.05) is 6.54 Å². The van der Waals surface area contributed by atoms with Crippen molar-refractivity contribution < 1.29 is 4.39 Å². The van der Waals surface area contributed by atoms with Crippen LogP contribution in [0.3, 0.4) is 0 Å². The Hall–Kier alpha value is -1.68. The summed E-state index contributed by atoms with van der Waals surface area (Å²) in [7, 11) is 0. The number of nitrogens with two attached hydrogens (primary N) is 1. The highest BCUT2D eigenvalue weighted by Gasteiger charge is 2.39. The van der Waals surface area contributed by atoms with Crippen molar-refractivity contribution in [3.05, 3.63) is 42.6 Å². The number of halogens is 1. The summed E-state index contributed by atoms with van der Waals surface area (Å²) in [5, 5.41) is 0. The van der Waals surface area contributed by atoms with Crippen LogP contribution in [0.1, 0.15) is 32.6 Å². The standard InChI is InChI=1S/C17H22FN3/c1-13-4-2-3-9-17(13,11-19)21-12-20-10-16(21)14-5-7-15(18)8-6-14/h5-8,10,12-13H,2-4,9,11,19H2,1H3. The third-order valence-corrected chi connectivity index (χ3v) is 5.03. The summed E-state index contributed by atoms with van der Waals surface area (Å²) in [6.07, 6.45) is 8.47. The van der Waals surface area contributed by atoms with E-state index in [9.17, 15) is 4.39 Å². The topological polar surface area (TPSA) is 43.8 Å². The molecule has 2 atom stereocenters. The maximum atomic E-state index is 13.1. The van der Waals surface area contributed by atoms with Crippen LogP contribution < -0.4 is 5.73 Å². The zero-order valence-electron chi connectivity index (χ0n) is 12.4. The highest BCUT2D eigenvalue weighted by atomic mass is 19.1. The van der Waals surface area contributed by atoms with Crippen LogP contribution >= 0.6 is 0 Å². The number of imidazole rings is 1. The van der Waals surface area contributed by atoms with Crippen LogP contribution in [0.2, 0.25) is 0 Å². The maximum absolute atomic E-state index is 13.1. The first kappa shape index (κ1) is 14.3. The Kier molecular flexibility index (Phi) is 3.81. The van der Waals surface area contributed by atoms with Crippen molar-refractivity contribution in [2.45, 2.75) is 38.1 Å². The SMILES string of the molecule is CC1CCCCC1(CN)n1cncc1-c1ccc(F)cc1. The van der Waals surface area contributed by atoms with E-state index in [0.29, 0.717) is 12.5 Å². The molecule has 2 N–H and O–H groups in total. The molecule has 21 heavy (non-hydrogen) atoms.